The molecular weight excluding hydrogens is 401 g/mol. The average molecular weight is 417 g/mol. The zero-order chi connectivity index (χ0) is 20.3. The zero-order valence-electron chi connectivity index (χ0n) is 15.7. The number of fused-ring (bicyclic) bond motifs is 3. The summed E-state index contributed by atoms with van der Waals surface area (Å²) < 4.78 is 20.1. The van der Waals surface area contributed by atoms with Crippen LogP contribution in [0, 0.1) is 5.82 Å². The summed E-state index contributed by atoms with van der Waals surface area (Å²) in [4.78, 5) is 8.97. The normalized spacial score (nSPS) is 14.6. The minimum atomic E-state index is -0.533. The van der Waals surface area contributed by atoms with Gasteiger partial charge in [-0.1, -0.05) is 54.2 Å². The maximum Gasteiger partial charge on any atom is 0.247 e. The van der Waals surface area contributed by atoms with Gasteiger partial charge in [-0.3, -0.25) is 4.98 Å². The number of thioether (sulfide) groups is 1. The van der Waals surface area contributed by atoms with Gasteiger partial charge < -0.3 is 10.1 Å². The Balaban J connectivity index is 1.49. The molecule has 0 spiro atoms. The minimum absolute atomic E-state index is 0.252. The number of anilines is 1. The van der Waals surface area contributed by atoms with Gasteiger partial charge in [-0.15, -0.1) is 10.2 Å². The predicted octanol–water partition coefficient (Wildman–Crippen LogP) is 4.87. The third kappa shape index (κ3) is 3.69. The Morgan fingerprint density at radius 2 is 1.80 bits per heavy atom. The van der Waals surface area contributed by atoms with Crippen molar-refractivity contribution in [2.45, 2.75) is 17.1 Å². The van der Waals surface area contributed by atoms with E-state index in [1.165, 1.54) is 17.8 Å². The highest BCUT2D eigenvalue weighted by Crippen LogP contribution is 2.39. The van der Waals surface area contributed by atoms with E-state index in [1.54, 1.807) is 24.4 Å². The molecular formula is C22H16FN5OS. The molecule has 1 aliphatic heterocycles. The van der Waals surface area contributed by atoms with E-state index in [2.05, 4.69) is 25.5 Å². The second-order valence-electron chi connectivity index (χ2n) is 6.57. The van der Waals surface area contributed by atoms with Crippen LogP contribution in [0.1, 0.15) is 17.5 Å². The number of benzene rings is 2. The Morgan fingerprint density at radius 3 is 2.67 bits per heavy atom. The van der Waals surface area contributed by atoms with Gasteiger partial charge in [0.2, 0.25) is 17.3 Å². The molecule has 148 valence electrons. The molecule has 5 rings (SSSR count). The fourth-order valence-electron chi connectivity index (χ4n) is 3.13. The van der Waals surface area contributed by atoms with Crippen LogP contribution in [0.2, 0.25) is 0 Å². The molecule has 0 aliphatic carbocycles. The Kier molecular flexibility index (Phi) is 4.98. The first-order valence-electron chi connectivity index (χ1n) is 9.32. The molecule has 30 heavy (non-hydrogen) atoms. The van der Waals surface area contributed by atoms with Crippen LogP contribution in [0.5, 0.6) is 5.88 Å². The van der Waals surface area contributed by atoms with Crippen LogP contribution in [-0.4, -0.2) is 20.2 Å². The predicted molar refractivity (Wildman–Crippen MR) is 112 cm³/mol. The monoisotopic (exact) mass is 417 g/mol. The van der Waals surface area contributed by atoms with Crippen LogP contribution in [0.15, 0.2) is 78.1 Å². The minimum Gasteiger partial charge on any atom is -0.446 e. The Morgan fingerprint density at radius 1 is 0.967 bits per heavy atom. The first kappa shape index (κ1) is 18.5. The average Bonchev–Trinajstić information content (AvgIpc) is 2.96. The molecule has 0 saturated heterocycles. The van der Waals surface area contributed by atoms with Crippen molar-refractivity contribution in [1.82, 2.24) is 20.2 Å². The lowest BCUT2D eigenvalue weighted by Gasteiger charge is -2.18. The molecule has 0 bridgehead atoms. The van der Waals surface area contributed by atoms with E-state index in [9.17, 15) is 4.39 Å². The molecule has 0 fully saturated rings. The molecule has 0 radical (unpaired) electrons. The lowest BCUT2D eigenvalue weighted by atomic mass is 10.1. The summed E-state index contributed by atoms with van der Waals surface area (Å²) in [5.41, 5.74) is 3.55. The second-order valence-corrected chi connectivity index (χ2v) is 7.51. The SMILES string of the molecule is Fc1ccccc1CSc1nnc2c(n1)O[C@@H](c1ccccn1)Nc1ccccc1-2. The smallest absolute Gasteiger partial charge is 0.247 e. The maximum atomic E-state index is 13.9. The standard InChI is InChI=1S/C22H16FN5OS/c23-16-9-3-1-7-14(16)13-30-22-26-21-19(27-28-22)15-8-2-4-10-17(15)25-20(29-21)18-11-5-6-12-24-18/h1-12,20,25H,13H2/t20-/m0/s1. The molecule has 4 aromatic rings. The quantitative estimate of drug-likeness (QED) is 0.475. The largest absolute Gasteiger partial charge is 0.446 e. The molecule has 6 nitrogen and oxygen atoms in total. The number of pyridine rings is 1. The van der Waals surface area contributed by atoms with Crippen molar-refractivity contribution >= 4 is 17.4 Å². The molecule has 2 aromatic heterocycles. The van der Waals surface area contributed by atoms with Crippen LogP contribution in [-0.2, 0) is 5.75 Å². The topological polar surface area (TPSA) is 72.8 Å². The number of para-hydroxylation sites is 1. The Labute approximate surface area is 176 Å². The van der Waals surface area contributed by atoms with E-state index in [0.717, 1.165) is 16.9 Å². The fraction of sp³-hybridized carbons (Fsp3) is 0.0909. The van der Waals surface area contributed by atoms with E-state index < -0.39 is 6.23 Å². The van der Waals surface area contributed by atoms with Gasteiger partial charge in [-0.05, 0) is 29.8 Å². The summed E-state index contributed by atoms with van der Waals surface area (Å²) in [5, 5.41) is 12.4. The van der Waals surface area contributed by atoms with Crippen LogP contribution in [0.3, 0.4) is 0 Å². The van der Waals surface area contributed by atoms with E-state index in [-0.39, 0.29) is 5.82 Å². The van der Waals surface area contributed by atoms with E-state index >= 15 is 0 Å². The van der Waals surface area contributed by atoms with Crippen molar-refractivity contribution in [1.29, 1.82) is 0 Å². The summed E-state index contributed by atoms with van der Waals surface area (Å²) in [7, 11) is 0. The number of rotatable bonds is 4. The highest BCUT2D eigenvalue weighted by molar-refractivity contribution is 7.98. The van der Waals surface area contributed by atoms with Crippen LogP contribution < -0.4 is 10.1 Å². The van der Waals surface area contributed by atoms with Crippen molar-refractivity contribution in [2.75, 3.05) is 5.32 Å². The summed E-state index contributed by atoms with van der Waals surface area (Å²) in [6.07, 6.45) is 1.18. The molecule has 2 aromatic carbocycles. The van der Waals surface area contributed by atoms with Gasteiger partial charge >= 0.3 is 0 Å². The van der Waals surface area contributed by atoms with Gasteiger partial charge in [0.1, 0.15) is 11.5 Å². The van der Waals surface area contributed by atoms with Crippen LogP contribution in [0.4, 0.5) is 10.1 Å². The van der Waals surface area contributed by atoms with Gasteiger partial charge in [0.25, 0.3) is 0 Å². The van der Waals surface area contributed by atoms with Crippen molar-refractivity contribution < 1.29 is 9.13 Å². The van der Waals surface area contributed by atoms with Crippen molar-refractivity contribution in [2.24, 2.45) is 0 Å². The van der Waals surface area contributed by atoms with Gasteiger partial charge in [0.05, 0.1) is 0 Å². The van der Waals surface area contributed by atoms with Crippen molar-refractivity contribution in [3.63, 3.8) is 0 Å². The number of nitrogens with zero attached hydrogens (tertiary/aromatic N) is 4. The molecule has 8 heteroatoms. The lowest BCUT2D eigenvalue weighted by Crippen LogP contribution is -2.18. The molecule has 1 aliphatic rings. The van der Waals surface area contributed by atoms with Crippen LogP contribution >= 0.6 is 11.8 Å². The third-order valence-corrected chi connectivity index (χ3v) is 5.49. The lowest BCUT2D eigenvalue weighted by molar-refractivity contribution is 0.220. The maximum absolute atomic E-state index is 13.9. The van der Waals surface area contributed by atoms with E-state index in [4.69, 9.17) is 4.74 Å². The first-order valence-corrected chi connectivity index (χ1v) is 10.3. The van der Waals surface area contributed by atoms with Gasteiger partial charge in [0, 0.05) is 23.2 Å². The van der Waals surface area contributed by atoms with Gasteiger partial charge in [-0.25, -0.2) is 4.39 Å². The van der Waals surface area contributed by atoms with Crippen LogP contribution in [0.25, 0.3) is 11.3 Å². The highest BCUT2D eigenvalue weighted by atomic mass is 32.2. The highest BCUT2D eigenvalue weighted by Gasteiger charge is 2.26. The Bertz CT molecular complexity index is 1190. The third-order valence-electron chi connectivity index (χ3n) is 4.60. The molecule has 1 N–H and O–H groups in total. The summed E-state index contributed by atoms with van der Waals surface area (Å²) >= 11 is 1.30. The second kappa shape index (κ2) is 8.08. The molecule has 3 heterocycles. The summed E-state index contributed by atoms with van der Waals surface area (Å²) in [6.45, 7) is 0. The molecule has 0 saturated carbocycles. The molecule has 0 unspecified atom stereocenters. The van der Waals surface area contributed by atoms with Crippen molar-refractivity contribution in [3.8, 4) is 17.1 Å². The van der Waals surface area contributed by atoms with Crippen molar-refractivity contribution in [3.05, 3.63) is 90.0 Å². The Hall–Kier alpha value is -3.52. The summed E-state index contributed by atoms with van der Waals surface area (Å²) in [5.74, 6) is 0.498. The summed E-state index contributed by atoms with van der Waals surface area (Å²) in [6, 6.07) is 20.0. The number of hydrogen-bond donors (Lipinski definition) is 1. The first-order chi connectivity index (χ1) is 14.8. The fourth-order valence-corrected chi connectivity index (χ4v) is 3.90. The zero-order valence-corrected chi connectivity index (χ0v) is 16.5. The number of hydrogen-bond acceptors (Lipinski definition) is 7. The van der Waals surface area contributed by atoms with E-state index in [1.807, 2.05) is 42.5 Å². The molecule has 1 atom stereocenters. The number of nitrogens with one attached hydrogen (secondary N) is 1. The number of aromatic nitrogens is 4. The van der Waals surface area contributed by atoms with E-state index in [0.29, 0.717) is 28.0 Å². The molecule has 0 amide bonds. The van der Waals surface area contributed by atoms with Gasteiger partial charge in [-0.2, -0.15) is 4.98 Å². The number of ether oxygens (including phenoxy) is 1. The number of halogens is 1. The van der Waals surface area contributed by atoms with Gasteiger partial charge in [0.15, 0.2) is 5.69 Å².